The lowest BCUT2D eigenvalue weighted by atomic mass is 9.93. The van der Waals surface area contributed by atoms with Crippen molar-refractivity contribution in [2.75, 3.05) is 0 Å². The summed E-state index contributed by atoms with van der Waals surface area (Å²) in [4.78, 5) is 2.69. The number of nitrogens with zero attached hydrogens (tertiary/aromatic N) is 1. The van der Waals surface area contributed by atoms with Gasteiger partial charge in [0.15, 0.2) is 0 Å². The minimum Gasteiger partial charge on any atom is -0.508 e. The summed E-state index contributed by atoms with van der Waals surface area (Å²) in [5.41, 5.74) is 2.56. The highest BCUT2D eigenvalue weighted by Gasteiger charge is 2.36. The third kappa shape index (κ3) is 1.83. The van der Waals surface area contributed by atoms with Gasteiger partial charge in [-0.1, -0.05) is 18.6 Å². The van der Waals surface area contributed by atoms with Crippen molar-refractivity contribution >= 4 is 0 Å². The number of likely N-dealkylation sites (tertiary alicyclic amines) is 1. The molecule has 1 saturated heterocycles. The number of benzene rings is 1. The van der Waals surface area contributed by atoms with E-state index >= 15 is 0 Å². The third-order valence-electron chi connectivity index (χ3n) is 4.84. The first kappa shape index (κ1) is 12.0. The zero-order valence-corrected chi connectivity index (χ0v) is 11.4. The van der Waals surface area contributed by atoms with Gasteiger partial charge in [0.1, 0.15) is 5.75 Å². The van der Waals surface area contributed by atoms with Crippen LogP contribution in [-0.2, 0) is 6.42 Å². The maximum absolute atomic E-state index is 9.96. The number of phenols is 1. The molecule has 3 atom stereocenters. The molecule has 2 heteroatoms. The summed E-state index contributed by atoms with van der Waals surface area (Å²) in [6.07, 6.45) is 6.19. The van der Waals surface area contributed by atoms with Crippen molar-refractivity contribution in [3.63, 3.8) is 0 Å². The molecule has 0 aromatic heterocycles. The van der Waals surface area contributed by atoms with Crippen LogP contribution in [0.2, 0.25) is 0 Å². The molecule has 3 rings (SSSR count). The molecule has 1 heterocycles. The van der Waals surface area contributed by atoms with Crippen LogP contribution in [0.5, 0.6) is 5.75 Å². The molecular weight excluding hydrogens is 222 g/mol. The smallest absolute Gasteiger partial charge is 0.119 e. The monoisotopic (exact) mass is 245 g/mol. The fourth-order valence-corrected chi connectivity index (χ4v) is 3.98. The fraction of sp³-hybridized carbons (Fsp3) is 0.625. The van der Waals surface area contributed by atoms with Gasteiger partial charge in [-0.2, -0.15) is 0 Å². The molecule has 98 valence electrons. The summed E-state index contributed by atoms with van der Waals surface area (Å²) in [6, 6.07) is 7.90. The zero-order valence-electron chi connectivity index (χ0n) is 11.4. The van der Waals surface area contributed by atoms with Crippen LogP contribution in [0, 0.1) is 0 Å². The summed E-state index contributed by atoms with van der Waals surface area (Å²) in [7, 11) is 0. The molecule has 0 amide bonds. The van der Waals surface area contributed by atoms with Crippen molar-refractivity contribution in [2.24, 2.45) is 0 Å². The van der Waals surface area contributed by atoms with Gasteiger partial charge < -0.3 is 5.11 Å². The van der Waals surface area contributed by atoms with Crippen LogP contribution in [-0.4, -0.2) is 22.1 Å². The first-order valence-corrected chi connectivity index (χ1v) is 7.26. The Balaban J connectivity index is 1.93. The van der Waals surface area contributed by atoms with Crippen LogP contribution < -0.4 is 0 Å². The third-order valence-corrected chi connectivity index (χ3v) is 4.84. The van der Waals surface area contributed by atoms with Gasteiger partial charge in [-0.05, 0) is 56.7 Å². The highest BCUT2D eigenvalue weighted by molar-refractivity contribution is 5.44. The van der Waals surface area contributed by atoms with Crippen molar-refractivity contribution in [3.8, 4) is 5.75 Å². The van der Waals surface area contributed by atoms with Gasteiger partial charge >= 0.3 is 0 Å². The molecule has 2 aliphatic rings. The Morgan fingerprint density at radius 2 is 1.83 bits per heavy atom. The van der Waals surface area contributed by atoms with E-state index in [1.807, 2.05) is 12.1 Å². The van der Waals surface area contributed by atoms with Gasteiger partial charge in [0.05, 0.1) is 0 Å². The molecule has 1 fully saturated rings. The van der Waals surface area contributed by atoms with Crippen LogP contribution in [0.15, 0.2) is 18.2 Å². The predicted molar refractivity (Wildman–Crippen MR) is 73.8 cm³/mol. The van der Waals surface area contributed by atoms with Crippen LogP contribution in [0.3, 0.4) is 0 Å². The fourth-order valence-electron chi connectivity index (χ4n) is 3.98. The van der Waals surface area contributed by atoms with Crippen LogP contribution >= 0.6 is 0 Å². The van der Waals surface area contributed by atoms with E-state index in [1.165, 1.54) is 36.8 Å². The Morgan fingerprint density at radius 1 is 1.11 bits per heavy atom. The maximum atomic E-state index is 9.96. The van der Waals surface area contributed by atoms with Gasteiger partial charge in [-0.15, -0.1) is 0 Å². The molecule has 3 unspecified atom stereocenters. The molecule has 1 aromatic carbocycles. The van der Waals surface area contributed by atoms with E-state index in [0.29, 0.717) is 23.9 Å². The molecule has 2 nitrogen and oxygen atoms in total. The Morgan fingerprint density at radius 3 is 2.56 bits per heavy atom. The number of rotatable bonds is 1. The first-order chi connectivity index (χ1) is 8.68. The molecule has 1 aliphatic carbocycles. The number of fused-ring (bicyclic) bond motifs is 1. The molecule has 0 saturated carbocycles. The molecule has 1 aliphatic heterocycles. The molecule has 1 aromatic rings. The number of piperidine rings is 1. The van der Waals surface area contributed by atoms with E-state index in [-0.39, 0.29) is 0 Å². The standard InChI is InChI=1S/C16H23NO/c1-11-5-3-6-12(2)17(11)15-10-9-14-13(15)7-4-8-16(14)18/h4,7-8,11-12,15,18H,3,5-6,9-10H2,1-2H3. The summed E-state index contributed by atoms with van der Waals surface area (Å²) < 4.78 is 0. The second-order valence-electron chi connectivity index (χ2n) is 5.98. The quantitative estimate of drug-likeness (QED) is 0.816. The van der Waals surface area contributed by atoms with Crippen molar-refractivity contribution in [2.45, 2.75) is 64.1 Å². The molecule has 0 bridgehead atoms. The largest absolute Gasteiger partial charge is 0.508 e. The Hall–Kier alpha value is -1.02. The maximum Gasteiger partial charge on any atom is 0.119 e. The molecule has 0 spiro atoms. The molecular formula is C16H23NO. The summed E-state index contributed by atoms with van der Waals surface area (Å²) >= 11 is 0. The molecule has 0 radical (unpaired) electrons. The molecule has 1 N–H and O–H groups in total. The Kier molecular flexibility index (Phi) is 3.06. The van der Waals surface area contributed by atoms with Crippen molar-refractivity contribution < 1.29 is 5.11 Å². The summed E-state index contributed by atoms with van der Waals surface area (Å²) in [6.45, 7) is 4.72. The average molecular weight is 245 g/mol. The van der Waals surface area contributed by atoms with E-state index in [0.717, 1.165) is 6.42 Å². The normalized spacial score (nSPS) is 32.4. The van der Waals surface area contributed by atoms with Crippen molar-refractivity contribution in [3.05, 3.63) is 29.3 Å². The lowest BCUT2D eigenvalue weighted by Gasteiger charge is -2.43. The second kappa shape index (κ2) is 4.58. The van der Waals surface area contributed by atoms with Gasteiger partial charge in [-0.25, -0.2) is 0 Å². The average Bonchev–Trinajstić information content (AvgIpc) is 2.75. The first-order valence-electron chi connectivity index (χ1n) is 7.26. The van der Waals surface area contributed by atoms with Crippen molar-refractivity contribution in [1.82, 2.24) is 4.90 Å². The number of aromatic hydroxyl groups is 1. The van der Waals surface area contributed by atoms with E-state index in [2.05, 4.69) is 24.8 Å². The Labute approximate surface area is 110 Å². The molecule has 18 heavy (non-hydrogen) atoms. The van der Waals surface area contributed by atoms with E-state index < -0.39 is 0 Å². The van der Waals surface area contributed by atoms with E-state index in [9.17, 15) is 5.11 Å². The topological polar surface area (TPSA) is 23.5 Å². The lowest BCUT2D eigenvalue weighted by Crippen LogP contribution is -2.45. The van der Waals surface area contributed by atoms with Gasteiger partial charge in [-0.3, -0.25) is 4.90 Å². The van der Waals surface area contributed by atoms with E-state index in [1.54, 1.807) is 0 Å². The zero-order chi connectivity index (χ0) is 12.7. The lowest BCUT2D eigenvalue weighted by molar-refractivity contribution is 0.0548. The van der Waals surface area contributed by atoms with Crippen LogP contribution in [0.1, 0.15) is 56.7 Å². The second-order valence-corrected chi connectivity index (χ2v) is 5.98. The minimum atomic E-state index is 0.493. The summed E-state index contributed by atoms with van der Waals surface area (Å²) in [5.74, 6) is 0.493. The van der Waals surface area contributed by atoms with E-state index in [4.69, 9.17) is 0 Å². The Bertz CT molecular complexity index is 433. The van der Waals surface area contributed by atoms with Gasteiger partial charge in [0.2, 0.25) is 0 Å². The highest BCUT2D eigenvalue weighted by atomic mass is 16.3. The van der Waals surface area contributed by atoms with Crippen LogP contribution in [0.4, 0.5) is 0 Å². The summed E-state index contributed by atoms with van der Waals surface area (Å²) in [5, 5.41) is 9.96. The van der Waals surface area contributed by atoms with Crippen molar-refractivity contribution in [1.29, 1.82) is 0 Å². The number of hydrogen-bond donors (Lipinski definition) is 1. The highest BCUT2D eigenvalue weighted by Crippen LogP contribution is 2.43. The minimum absolute atomic E-state index is 0.493. The van der Waals surface area contributed by atoms with Crippen LogP contribution in [0.25, 0.3) is 0 Å². The predicted octanol–water partition coefficient (Wildman–Crippen LogP) is 3.64. The van der Waals surface area contributed by atoms with Gasteiger partial charge in [0.25, 0.3) is 0 Å². The number of hydrogen-bond acceptors (Lipinski definition) is 2. The van der Waals surface area contributed by atoms with Gasteiger partial charge in [0, 0.05) is 18.1 Å². The number of phenolic OH excluding ortho intramolecular Hbond substituents is 1. The SMILES string of the molecule is CC1CCCC(C)N1C1CCc2c(O)cccc21.